The molecule has 0 saturated heterocycles. The first-order chi connectivity index (χ1) is 9.99. The number of anilines is 1. The van der Waals surface area contributed by atoms with Gasteiger partial charge in [-0.1, -0.05) is 11.6 Å². The Morgan fingerprint density at radius 1 is 1.33 bits per heavy atom. The molecule has 0 fully saturated rings. The summed E-state index contributed by atoms with van der Waals surface area (Å²) < 4.78 is 15.1. The molecule has 0 bridgehead atoms. The van der Waals surface area contributed by atoms with Crippen molar-refractivity contribution in [3.8, 4) is 0 Å². The van der Waals surface area contributed by atoms with Crippen molar-refractivity contribution < 1.29 is 9.18 Å². The summed E-state index contributed by atoms with van der Waals surface area (Å²) >= 11 is 5.74. The number of amides is 1. The summed E-state index contributed by atoms with van der Waals surface area (Å²) in [6.45, 7) is 2.04. The first-order valence-electron chi connectivity index (χ1n) is 6.92. The van der Waals surface area contributed by atoms with Gasteiger partial charge >= 0.3 is 0 Å². The highest BCUT2D eigenvalue weighted by Crippen LogP contribution is 2.31. The summed E-state index contributed by atoms with van der Waals surface area (Å²) in [4.78, 5) is 12.5. The number of aromatic nitrogens is 1. The summed E-state index contributed by atoms with van der Waals surface area (Å²) in [5.41, 5.74) is 4.77. The van der Waals surface area contributed by atoms with E-state index in [1.165, 1.54) is 23.8 Å². The van der Waals surface area contributed by atoms with Gasteiger partial charge in [0, 0.05) is 18.4 Å². The molecule has 0 radical (unpaired) electrons. The van der Waals surface area contributed by atoms with Crippen molar-refractivity contribution >= 4 is 23.2 Å². The Morgan fingerprint density at radius 2 is 2.05 bits per heavy atom. The van der Waals surface area contributed by atoms with E-state index in [4.69, 9.17) is 11.6 Å². The number of nitrogens with zero attached hydrogens (tertiary/aromatic N) is 1. The van der Waals surface area contributed by atoms with Gasteiger partial charge in [-0.25, -0.2) is 4.39 Å². The standard InChI is InChI=1S/C16H16ClFN2O/c1-9-11-4-3-5-12(11)15(20(9)2)16(21)19-10-6-7-14(18)13(17)8-10/h6-8H,3-5H2,1-2H3,(H,19,21). The molecule has 1 aromatic carbocycles. The van der Waals surface area contributed by atoms with Gasteiger partial charge in [-0.15, -0.1) is 0 Å². The van der Waals surface area contributed by atoms with E-state index in [0.717, 1.165) is 30.5 Å². The Kier molecular flexibility index (Phi) is 3.49. The van der Waals surface area contributed by atoms with Crippen molar-refractivity contribution in [3.63, 3.8) is 0 Å². The fraction of sp³-hybridized carbons (Fsp3) is 0.312. The minimum absolute atomic E-state index is 0.00101. The Bertz CT molecular complexity index is 736. The van der Waals surface area contributed by atoms with Crippen LogP contribution in [0.5, 0.6) is 0 Å². The SMILES string of the molecule is Cc1c2c(c(C(=O)Nc3ccc(F)c(Cl)c3)n1C)CCC2. The maximum Gasteiger partial charge on any atom is 0.272 e. The van der Waals surface area contributed by atoms with Crippen LogP contribution in [0.4, 0.5) is 10.1 Å². The van der Waals surface area contributed by atoms with Gasteiger partial charge in [0.25, 0.3) is 5.91 Å². The largest absolute Gasteiger partial charge is 0.343 e. The van der Waals surface area contributed by atoms with E-state index >= 15 is 0 Å². The molecule has 2 aromatic rings. The summed E-state index contributed by atoms with van der Waals surface area (Å²) in [5.74, 6) is -0.670. The summed E-state index contributed by atoms with van der Waals surface area (Å²) in [5, 5.41) is 2.80. The zero-order chi connectivity index (χ0) is 15.1. The van der Waals surface area contributed by atoms with E-state index in [9.17, 15) is 9.18 Å². The first kappa shape index (κ1) is 14.1. The maximum absolute atomic E-state index is 13.2. The summed E-state index contributed by atoms with van der Waals surface area (Å²) in [6.07, 6.45) is 3.06. The average Bonchev–Trinajstić information content (AvgIpc) is 2.98. The van der Waals surface area contributed by atoms with Crippen LogP contribution in [0, 0.1) is 12.7 Å². The van der Waals surface area contributed by atoms with Gasteiger partial charge in [-0.3, -0.25) is 4.79 Å². The zero-order valence-electron chi connectivity index (χ0n) is 12.0. The predicted molar refractivity (Wildman–Crippen MR) is 81.5 cm³/mol. The molecule has 0 spiro atoms. The smallest absolute Gasteiger partial charge is 0.272 e. The van der Waals surface area contributed by atoms with Gasteiger partial charge in [0.15, 0.2) is 0 Å². The Labute approximate surface area is 127 Å². The third-order valence-corrected chi connectivity index (χ3v) is 4.46. The van der Waals surface area contributed by atoms with E-state index in [0.29, 0.717) is 11.4 Å². The molecule has 0 atom stereocenters. The molecule has 1 heterocycles. The van der Waals surface area contributed by atoms with Crippen LogP contribution >= 0.6 is 11.6 Å². The molecule has 1 aliphatic carbocycles. The van der Waals surface area contributed by atoms with Crippen LogP contribution in [0.3, 0.4) is 0 Å². The minimum atomic E-state index is -0.495. The van der Waals surface area contributed by atoms with Crippen LogP contribution < -0.4 is 5.32 Å². The molecule has 21 heavy (non-hydrogen) atoms. The molecular formula is C16H16ClFN2O. The second-order valence-corrected chi connectivity index (χ2v) is 5.79. The van der Waals surface area contributed by atoms with E-state index in [2.05, 4.69) is 5.32 Å². The number of nitrogens with one attached hydrogen (secondary N) is 1. The number of rotatable bonds is 2. The fourth-order valence-corrected chi connectivity index (χ4v) is 3.21. The summed E-state index contributed by atoms with van der Waals surface area (Å²) in [7, 11) is 1.90. The molecule has 1 amide bonds. The van der Waals surface area contributed by atoms with Crippen molar-refractivity contribution in [1.82, 2.24) is 4.57 Å². The fourth-order valence-electron chi connectivity index (χ4n) is 3.03. The van der Waals surface area contributed by atoms with Crippen LogP contribution in [-0.4, -0.2) is 10.5 Å². The molecule has 1 aromatic heterocycles. The molecule has 110 valence electrons. The van der Waals surface area contributed by atoms with Crippen LogP contribution in [-0.2, 0) is 19.9 Å². The predicted octanol–water partition coefficient (Wildman–Crippen LogP) is 3.87. The highest BCUT2D eigenvalue weighted by Gasteiger charge is 2.26. The topological polar surface area (TPSA) is 34.0 Å². The molecular weight excluding hydrogens is 291 g/mol. The lowest BCUT2D eigenvalue weighted by Crippen LogP contribution is -2.17. The van der Waals surface area contributed by atoms with Gasteiger partial charge in [0.05, 0.1) is 5.02 Å². The molecule has 0 unspecified atom stereocenters. The molecule has 0 saturated carbocycles. The van der Waals surface area contributed by atoms with Gasteiger partial charge in [-0.05, 0) is 55.5 Å². The quantitative estimate of drug-likeness (QED) is 0.898. The molecule has 3 rings (SSSR count). The summed E-state index contributed by atoms with van der Waals surface area (Å²) in [6, 6.07) is 4.18. The lowest BCUT2D eigenvalue weighted by Gasteiger charge is -2.09. The second kappa shape index (κ2) is 5.19. The zero-order valence-corrected chi connectivity index (χ0v) is 12.7. The van der Waals surface area contributed by atoms with E-state index < -0.39 is 5.82 Å². The molecule has 3 nitrogen and oxygen atoms in total. The lowest BCUT2D eigenvalue weighted by molar-refractivity contribution is 0.101. The van der Waals surface area contributed by atoms with Crippen molar-refractivity contribution in [1.29, 1.82) is 0 Å². The monoisotopic (exact) mass is 306 g/mol. The highest BCUT2D eigenvalue weighted by molar-refractivity contribution is 6.31. The number of halogens is 2. The number of carbonyl (C=O) groups is 1. The number of hydrogen-bond acceptors (Lipinski definition) is 1. The molecule has 1 aliphatic rings. The maximum atomic E-state index is 13.2. The van der Waals surface area contributed by atoms with Crippen LogP contribution in [0.25, 0.3) is 0 Å². The van der Waals surface area contributed by atoms with Crippen LogP contribution in [0.2, 0.25) is 5.02 Å². The van der Waals surface area contributed by atoms with E-state index in [1.54, 1.807) is 0 Å². The normalized spacial score (nSPS) is 13.3. The highest BCUT2D eigenvalue weighted by atomic mass is 35.5. The van der Waals surface area contributed by atoms with E-state index in [-0.39, 0.29) is 10.9 Å². The van der Waals surface area contributed by atoms with Gasteiger partial charge < -0.3 is 9.88 Å². The van der Waals surface area contributed by atoms with Crippen LogP contribution in [0.15, 0.2) is 18.2 Å². The minimum Gasteiger partial charge on any atom is -0.343 e. The molecule has 5 heteroatoms. The number of carbonyl (C=O) groups excluding carboxylic acids is 1. The molecule has 1 N–H and O–H groups in total. The number of benzene rings is 1. The van der Waals surface area contributed by atoms with Gasteiger partial charge in [-0.2, -0.15) is 0 Å². The third kappa shape index (κ3) is 2.33. The van der Waals surface area contributed by atoms with Crippen LogP contribution in [0.1, 0.15) is 33.7 Å². The number of fused-ring (bicyclic) bond motifs is 1. The Hall–Kier alpha value is -1.81. The average molecular weight is 307 g/mol. The van der Waals surface area contributed by atoms with Crippen molar-refractivity contribution in [3.05, 3.63) is 51.6 Å². The first-order valence-corrected chi connectivity index (χ1v) is 7.30. The Balaban J connectivity index is 1.93. The third-order valence-electron chi connectivity index (χ3n) is 4.17. The molecule has 0 aliphatic heterocycles. The number of hydrogen-bond donors (Lipinski definition) is 1. The lowest BCUT2D eigenvalue weighted by atomic mass is 10.1. The van der Waals surface area contributed by atoms with E-state index in [1.807, 2.05) is 18.5 Å². The Morgan fingerprint density at radius 3 is 2.76 bits per heavy atom. The van der Waals surface area contributed by atoms with Crippen molar-refractivity contribution in [2.75, 3.05) is 5.32 Å². The van der Waals surface area contributed by atoms with Gasteiger partial charge in [0.2, 0.25) is 0 Å². The van der Waals surface area contributed by atoms with Gasteiger partial charge in [0.1, 0.15) is 11.5 Å². The van der Waals surface area contributed by atoms with Crippen molar-refractivity contribution in [2.24, 2.45) is 7.05 Å². The van der Waals surface area contributed by atoms with Crippen molar-refractivity contribution in [2.45, 2.75) is 26.2 Å². The second-order valence-electron chi connectivity index (χ2n) is 5.39.